The molecule has 0 aromatic carbocycles. The third kappa shape index (κ3) is 2.57. The van der Waals surface area contributed by atoms with E-state index in [2.05, 4.69) is 24.2 Å². The van der Waals surface area contributed by atoms with Gasteiger partial charge in [-0.2, -0.15) is 0 Å². The van der Waals surface area contributed by atoms with Crippen molar-refractivity contribution in [1.82, 2.24) is 15.1 Å². The van der Waals surface area contributed by atoms with Gasteiger partial charge in [0.05, 0.1) is 12.5 Å². The van der Waals surface area contributed by atoms with Gasteiger partial charge in [0.15, 0.2) is 0 Å². The Hall–Kier alpha value is -0.940. The van der Waals surface area contributed by atoms with Crippen LogP contribution in [-0.2, 0) is 9.59 Å². The lowest BCUT2D eigenvalue weighted by Crippen LogP contribution is -2.50. The predicted octanol–water partition coefficient (Wildman–Crippen LogP) is 0.206. The molecule has 1 N–H and O–H groups in total. The van der Waals surface area contributed by atoms with Crippen molar-refractivity contribution < 1.29 is 9.59 Å². The molecule has 5 heteroatoms. The van der Waals surface area contributed by atoms with E-state index in [1.807, 2.05) is 6.92 Å². The Morgan fingerprint density at radius 3 is 2.67 bits per heavy atom. The van der Waals surface area contributed by atoms with E-state index >= 15 is 0 Å². The van der Waals surface area contributed by atoms with Gasteiger partial charge in [-0.3, -0.25) is 14.5 Å². The minimum atomic E-state index is -0.293. The molecule has 2 heterocycles. The van der Waals surface area contributed by atoms with Crippen LogP contribution in [0.2, 0.25) is 0 Å². The van der Waals surface area contributed by atoms with Crippen LogP contribution in [0.3, 0.4) is 0 Å². The van der Waals surface area contributed by atoms with Crippen LogP contribution < -0.4 is 5.32 Å². The van der Waals surface area contributed by atoms with Crippen LogP contribution in [0.5, 0.6) is 0 Å². The van der Waals surface area contributed by atoms with Gasteiger partial charge in [-0.25, -0.2) is 0 Å². The van der Waals surface area contributed by atoms with Gasteiger partial charge in [-0.1, -0.05) is 0 Å². The van der Waals surface area contributed by atoms with Crippen LogP contribution in [0.4, 0.5) is 0 Å². The summed E-state index contributed by atoms with van der Waals surface area (Å²) in [6.45, 7) is 5.58. The minimum absolute atomic E-state index is 0.0408. The highest BCUT2D eigenvalue weighted by Gasteiger charge is 2.39. The van der Waals surface area contributed by atoms with Crippen molar-refractivity contribution in [3.8, 4) is 0 Å². The van der Waals surface area contributed by atoms with Gasteiger partial charge in [0.25, 0.3) is 0 Å². The fourth-order valence-corrected chi connectivity index (χ4v) is 2.87. The lowest BCUT2D eigenvalue weighted by molar-refractivity contribution is -0.138. The average molecular weight is 253 g/mol. The Bertz CT molecular complexity index is 345. The molecule has 2 saturated heterocycles. The molecule has 102 valence electrons. The number of piperidine rings is 1. The summed E-state index contributed by atoms with van der Waals surface area (Å²) in [5.74, 6) is -0.0879. The summed E-state index contributed by atoms with van der Waals surface area (Å²) >= 11 is 0. The smallest absolute Gasteiger partial charge is 0.246 e. The zero-order chi connectivity index (χ0) is 13.3. The predicted molar refractivity (Wildman–Crippen MR) is 69.0 cm³/mol. The van der Waals surface area contributed by atoms with Crippen LogP contribution in [0.15, 0.2) is 0 Å². The summed E-state index contributed by atoms with van der Waals surface area (Å²) < 4.78 is 0. The lowest BCUT2D eigenvalue weighted by Gasteiger charge is -2.36. The van der Waals surface area contributed by atoms with Crippen molar-refractivity contribution in [1.29, 1.82) is 0 Å². The van der Waals surface area contributed by atoms with Crippen molar-refractivity contribution in [3.05, 3.63) is 0 Å². The lowest BCUT2D eigenvalue weighted by atomic mass is 9.98. The first kappa shape index (κ1) is 13.5. The van der Waals surface area contributed by atoms with Gasteiger partial charge in [0, 0.05) is 18.6 Å². The molecule has 2 aliphatic rings. The van der Waals surface area contributed by atoms with Crippen molar-refractivity contribution in [2.75, 3.05) is 20.1 Å². The number of likely N-dealkylation sites (tertiary alicyclic amines) is 2. The second kappa shape index (κ2) is 5.36. The largest absolute Gasteiger partial charge is 0.304 e. The average Bonchev–Trinajstić information content (AvgIpc) is 2.59. The van der Waals surface area contributed by atoms with E-state index in [9.17, 15) is 9.59 Å². The zero-order valence-corrected chi connectivity index (χ0v) is 11.5. The van der Waals surface area contributed by atoms with E-state index in [4.69, 9.17) is 0 Å². The molecule has 2 amide bonds. The Labute approximate surface area is 108 Å². The second-order valence-corrected chi connectivity index (χ2v) is 5.45. The molecule has 2 fully saturated rings. The van der Waals surface area contributed by atoms with Gasteiger partial charge in [-0.05, 0) is 40.3 Å². The molecule has 0 bridgehead atoms. The van der Waals surface area contributed by atoms with Crippen LogP contribution in [-0.4, -0.2) is 59.9 Å². The Kier molecular flexibility index (Phi) is 4.02. The maximum Gasteiger partial charge on any atom is 0.246 e. The quantitative estimate of drug-likeness (QED) is 0.730. The molecular formula is C13H23N3O2. The first-order valence-corrected chi connectivity index (χ1v) is 6.83. The number of rotatable bonds is 3. The zero-order valence-electron chi connectivity index (χ0n) is 11.5. The SMILES string of the molecule is CCN1C(=O)CC(NC2CCN(C)C(C)C2)C1=O. The molecule has 0 aromatic rings. The summed E-state index contributed by atoms with van der Waals surface area (Å²) in [6.07, 6.45) is 2.42. The molecule has 2 rings (SSSR count). The molecule has 0 aliphatic carbocycles. The number of nitrogens with zero attached hydrogens (tertiary/aromatic N) is 2. The van der Waals surface area contributed by atoms with Crippen LogP contribution in [0.1, 0.15) is 33.1 Å². The van der Waals surface area contributed by atoms with E-state index in [1.54, 1.807) is 0 Å². The molecule has 0 spiro atoms. The maximum absolute atomic E-state index is 12.0. The number of carbonyl (C=O) groups excluding carboxylic acids is 2. The monoisotopic (exact) mass is 253 g/mol. The van der Waals surface area contributed by atoms with Crippen molar-refractivity contribution in [3.63, 3.8) is 0 Å². The summed E-state index contributed by atoms with van der Waals surface area (Å²) in [4.78, 5) is 27.3. The molecule has 3 unspecified atom stereocenters. The third-order valence-electron chi connectivity index (χ3n) is 4.21. The van der Waals surface area contributed by atoms with Crippen molar-refractivity contribution in [2.45, 2.75) is 51.2 Å². The summed E-state index contributed by atoms with van der Waals surface area (Å²) in [5, 5.41) is 3.37. The van der Waals surface area contributed by atoms with Crippen molar-refractivity contribution in [2.24, 2.45) is 0 Å². The number of hydrogen-bond acceptors (Lipinski definition) is 4. The van der Waals surface area contributed by atoms with E-state index in [1.165, 1.54) is 4.90 Å². The molecule has 0 aromatic heterocycles. The van der Waals surface area contributed by atoms with E-state index in [0.29, 0.717) is 25.0 Å². The number of amides is 2. The number of nitrogens with one attached hydrogen (secondary N) is 1. The molecule has 3 atom stereocenters. The van der Waals surface area contributed by atoms with Gasteiger partial charge in [-0.15, -0.1) is 0 Å². The van der Waals surface area contributed by atoms with Crippen LogP contribution in [0, 0.1) is 0 Å². The highest BCUT2D eigenvalue weighted by Crippen LogP contribution is 2.19. The van der Waals surface area contributed by atoms with Gasteiger partial charge in [0.2, 0.25) is 11.8 Å². The Balaban J connectivity index is 1.91. The number of carbonyl (C=O) groups is 2. The molecule has 0 radical (unpaired) electrons. The summed E-state index contributed by atoms with van der Waals surface area (Å²) in [5.41, 5.74) is 0. The molecule has 0 saturated carbocycles. The highest BCUT2D eigenvalue weighted by molar-refractivity contribution is 6.05. The number of likely N-dealkylation sites (N-methyl/N-ethyl adjacent to an activating group) is 1. The molecule has 18 heavy (non-hydrogen) atoms. The van der Waals surface area contributed by atoms with Gasteiger partial charge >= 0.3 is 0 Å². The fraction of sp³-hybridized carbons (Fsp3) is 0.846. The number of imide groups is 1. The molecule has 5 nitrogen and oxygen atoms in total. The number of hydrogen-bond donors (Lipinski definition) is 1. The normalized spacial score (nSPS) is 34.4. The van der Waals surface area contributed by atoms with Gasteiger partial charge in [0.1, 0.15) is 0 Å². The van der Waals surface area contributed by atoms with Crippen LogP contribution in [0.25, 0.3) is 0 Å². The Morgan fingerprint density at radius 1 is 1.39 bits per heavy atom. The second-order valence-electron chi connectivity index (χ2n) is 5.45. The summed E-state index contributed by atoms with van der Waals surface area (Å²) in [6, 6.07) is 0.596. The topological polar surface area (TPSA) is 52.7 Å². The standard InChI is InChI=1S/C13H23N3O2/c1-4-16-12(17)8-11(13(16)18)14-10-5-6-15(3)9(2)7-10/h9-11,14H,4-8H2,1-3H3. The first-order valence-electron chi connectivity index (χ1n) is 6.83. The third-order valence-corrected chi connectivity index (χ3v) is 4.21. The molecule has 2 aliphatic heterocycles. The van der Waals surface area contributed by atoms with Crippen LogP contribution >= 0.6 is 0 Å². The molecular weight excluding hydrogens is 230 g/mol. The first-order chi connectivity index (χ1) is 8.52. The highest BCUT2D eigenvalue weighted by atomic mass is 16.2. The van der Waals surface area contributed by atoms with E-state index in [-0.39, 0.29) is 17.9 Å². The minimum Gasteiger partial charge on any atom is -0.304 e. The fourth-order valence-electron chi connectivity index (χ4n) is 2.87. The summed E-state index contributed by atoms with van der Waals surface area (Å²) in [7, 11) is 2.13. The van der Waals surface area contributed by atoms with Gasteiger partial charge < -0.3 is 10.2 Å². The van der Waals surface area contributed by atoms with E-state index in [0.717, 1.165) is 19.4 Å². The van der Waals surface area contributed by atoms with Crippen molar-refractivity contribution >= 4 is 11.8 Å². The Morgan fingerprint density at radius 2 is 2.11 bits per heavy atom. The van der Waals surface area contributed by atoms with E-state index < -0.39 is 0 Å². The maximum atomic E-state index is 12.0.